The van der Waals surface area contributed by atoms with E-state index in [1.54, 1.807) is 65.8 Å². The minimum absolute atomic E-state index is 0.0454. The Hall–Kier alpha value is -3.41. The van der Waals surface area contributed by atoms with Gasteiger partial charge in [0.15, 0.2) is 0 Å². The van der Waals surface area contributed by atoms with Crippen LogP contribution in [0.15, 0.2) is 36.9 Å². The molecule has 0 aromatic heterocycles. The average molecular weight is 652 g/mol. The maximum Gasteiger partial charge on any atom is 0.416 e. The lowest BCUT2D eigenvalue weighted by molar-refractivity contribution is -0.143. The molecule has 0 bridgehead atoms. The van der Waals surface area contributed by atoms with Crippen molar-refractivity contribution in [1.82, 2.24) is 10.2 Å². The third-order valence-electron chi connectivity index (χ3n) is 8.13. The zero-order valence-corrected chi connectivity index (χ0v) is 28.9. The Morgan fingerprint density at radius 2 is 1.49 bits per heavy atom. The predicted octanol–water partition coefficient (Wildman–Crippen LogP) is 5.33. The van der Waals surface area contributed by atoms with Gasteiger partial charge in [-0.25, -0.2) is 14.4 Å². The number of hydrogen-bond acceptors (Lipinski definition) is 10. The summed E-state index contributed by atoms with van der Waals surface area (Å²) in [5.74, 6) is -3.82. The Balaban J connectivity index is 2.34. The number of benzene rings is 1. The molecule has 45 heavy (non-hydrogen) atoms. The molecule has 1 fully saturated rings. The van der Waals surface area contributed by atoms with Crippen LogP contribution >= 0.6 is 7.60 Å². The number of nitrogens with one attached hydrogen (secondary N) is 1. The molecule has 14 heteroatoms. The van der Waals surface area contributed by atoms with Gasteiger partial charge in [0.2, 0.25) is 11.7 Å². The summed E-state index contributed by atoms with van der Waals surface area (Å²) in [6.07, 6.45) is -1.11. The summed E-state index contributed by atoms with van der Waals surface area (Å²) in [5, 5.41) is 2.45. The highest BCUT2D eigenvalue weighted by molar-refractivity contribution is 7.55. The van der Waals surface area contributed by atoms with Gasteiger partial charge in [0, 0.05) is 19.6 Å². The molecule has 1 N–H and O–H groups in total. The van der Waals surface area contributed by atoms with Crippen molar-refractivity contribution < 1.29 is 47.0 Å². The number of para-hydroxylation sites is 1. The Bertz CT molecular complexity index is 1390. The van der Waals surface area contributed by atoms with Crippen molar-refractivity contribution in [2.75, 3.05) is 26.2 Å². The Kier molecular flexibility index (Phi) is 9.95. The van der Waals surface area contributed by atoms with E-state index in [2.05, 4.69) is 11.9 Å². The lowest BCUT2D eigenvalue weighted by atomic mass is 9.60. The van der Waals surface area contributed by atoms with Crippen molar-refractivity contribution in [3.05, 3.63) is 42.5 Å². The molecule has 0 aliphatic carbocycles. The first-order valence-electron chi connectivity index (χ1n) is 14.5. The zero-order valence-electron chi connectivity index (χ0n) is 28.0. The minimum Gasteiger partial charge on any atom is -0.467 e. The van der Waals surface area contributed by atoms with Crippen LogP contribution in [0.3, 0.4) is 0 Å². The molecule has 13 nitrogen and oxygen atoms in total. The van der Waals surface area contributed by atoms with Crippen molar-refractivity contribution >= 4 is 37.3 Å². The van der Waals surface area contributed by atoms with E-state index in [4.69, 9.17) is 23.3 Å². The Morgan fingerprint density at radius 1 is 0.956 bits per heavy atom. The summed E-state index contributed by atoms with van der Waals surface area (Å²) < 4.78 is 39.8. The van der Waals surface area contributed by atoms with Gasteiger partial charge in [-0.1, -0.05) is 38.1 Å². The molecule has 2 aliphatic rings. The molecular formula is C31H46N3O10P. The van der Waals surface area contributed by atoms with E-state index in [1.807, 2.05) is 19.9 Å². The number of carbonyl (C=O) groups is 4. The number of amides is 3. The molecule has 3 rings (SSSR count). The van der Waals surface area contributed by atoms with Gasteiger partial charge in [0.1, 0.15) is 23.4 Å². The van der Waals surface area contributed by atoms with Crippen LogP contribution in [0.1, 0.15) is 67.4 Å². The number of methoxy groups -OCH3 is 1. The van der Waals surface area contributed by atoms with Crippen molar-refractivity contribution in [3.8, 4) is 0 Å². The van der Waals surface area contributed by atoms with E-state index in [0.717, 1.165) is 21.3 Å². The number of carbonyl (C=O) groups excluding carboxylic acids is 4. The van der Waals surface area contributed by atoms with Crippen molar-refractivity contribution in [2.24, 2.45) is 5.41 Å². The number of allylic oxidation sites excluding steroid dienone is 1. The van der Waals surface area contributed by atoms with E-state index < -0.39 is 71.7 Å². The number of fused-ring (bicyclic) bond motifs is 3. The van der Waals surface area contributed by atoms with Crippen molar-refractivity contribution in [3.63, 3.8) is 0 Å². The number of ether oxygens (including phenoxy) is 3. The molecule has 0 saturated carbocycles. The molecule has 4 atom stereocenters. The second kappa shape index (κ2) is 12.4. The fourth-order valence-corrected chi connectivity index (χ4v) is 7.21. The van der Waals surface area contributed by atoms with Crippen LogP contribution in [-0.2, 0) is 42.8 Å². The number of nitrogens with zero attached hydrogens (tertiary/aromatic N) is 2. The first kappa shape index (κ1) is 36.1. The van der Waals surface area contributed by atoms with Crippen molar-refractivity contribution in [2.45, 2.75) is 96.4 Å². The molecule has 0 radical (unpaired) electrons. The van der Waals surface area contributed by atoms with Gasteiger partial charge in [-0.15, -0.1) is 6.58 Å². The van der Waals surface area contributed by atoms with Crippen molar-refractivity contribution in [1.29, 1.82) is 0 Å². The smallest absolute Gasteiger partial charge is 0.416 e. The maximum atomic E-state index is 14.3. The minimum atomic E-state index is -4.26. The molecule has 3 amide bonds. The highest BCUT2D eigenvalue weighted by atomic mass is 31.2. The average Bonchev–Trinajstić information content (AvgIpc) is 3.45. The molecule has 0 spiro atoms. The fraction of sp³-hybridized carbons (Fsp3) is 0.613. The summed E-state index contributed by atoms with van der Waals surface area (Å²) in [4.78, 5) is 57.8. The monoisotopic (exact) mass is 651 g/mol. The van der Waals surface area contributed by atoms with Gasteiger partial charge in [-0.05, 0) is 65.0 Å². The molecule has 250 valence electrons. The number of likely N-dealkylation sites (tertiary alicyclic amines) is 1. The standard InChI is InChI=1S/C31H46N3O10P/c1-13-30(8,9)31-18-21(22(35)32-23(24(36)40-10)45(39,41-11)42-12)34(27(38)44-29(5,6)7)25(31)33(26(37)43-28(2,3)4)20-17-15-14-16-19(20)31/h13-17,21,23,25H,1,18H2,2-12H3,(H,32,35)/t21-,23?,25-,31+/m0/s1. The summed E-state index contributed by atoms with van der Waals surface area (Å²) in [5.41, 5.74) is -2.69. The van der Waals surface area contributed by atoms with E-state index >= 15 is 0 Å². The van der Waals surface area contributed by atoms with Crippen LogP contribution in [0.25, 0.3) is 0 Å². The highest BCUT2D eigenvalue weighted by Crippen LogP contribution is 2.62. The van der Waals surface area contributed by atoms with Gasteiger partial charge in [0.05, 0.1) is 12.8 Å². The quantitative estimate of drug-likeness (QED) is 0.169. The number of anilines is 1. The lowest BCUT2D eigenvalue weighted by Crippen LogP contribution is -2.61. The van der Waals surface area contributed by atoms with Gasteiger partial charge in [-0.3, -0.25) is 19.2 Å². The Morgan fingerprint density at radius 3 is 1.98 bits per heavy atom. The summed E-state index contributed by atoms with van der Waals surface area (Å²) in [6, 6.07) is 5.81. The largest absolute Gasteiger partial charge is 0.467 e. The molecule has 2 aliphatic heterocycles. The van der Waals surface area contributed by atoms with E-state index in [-0.39, 0.29) is 6.42 Å². The number of esters is 1. The van der Waals surface area contributed by atoms with Crippen LogP contribution in [-0.4, -0.2) is 79.5 Å². The summed E-state index contributed by atoms with van der Waals surface area (Å²) >= 11 is 0. The second-order valence-electron chi connectivity index (χ2n) is 13.6. The predicted molar refractivity (Wildman–Crippen MR) is 167 cm³/mol. The number of hydrogen-bond donors (Lipinski definition) is 1. The third kappa shape index (κ3) is 6.48. The number of rotatable bonds is 8. The molecule has 1 unspecified atom stereocenters. The first-order valence-corrected chi connectivity index (χ1v) is 16.1. The van der Waals surface area contributed by atoms with E-state index in [0.29, 0.717) is 11.3 Å². The molecule has 1 aromatic rings. The molecule has 1 saturated heterocycles. The van der Waals surface area contributed by atoms with Crippen LogP contribution in [0, 0.1) is 5.41 Å². The Labute approximate surface area is 265 Å². The van der Waals surface area contributed by atoms with Crippen LogP contribution < -0.4 is 10.2 Å². The molecular weight excluding hydrogens is 605 g/mol. The lowest BCUT2D eigenvalue weighted by Gasteiger charge is -2.45. The summed E-state index contributed by atoms with van der Waals surface area (Å²) in [7, 11) is -1.07. The van der Waals surface area contributed by atoms with E-state index in [9.17, 15) is 23.7 Å². The van der Waals surface area contributed by atoms with Crippen LogP contribution in [0.4, 0.5) is 15.3 Å². The normalized spacial score (nSPS) is 22.2. The highest BCUT2D eigenvalue weighted by Gasteiger charge is 2.70. The third-order valence-corrected chi connectivity index (χ3v) is 10.1. The molecule has 1 aromatic carbocycles. The van der Waals surface area contributed by atoms with E-state index in [1.165, 1.54) is 9.80 Å². The van der Waals surface area contributed by atoms with Gasteiger partial charge in [-0.2, -0.15) is 0 Å². The molecule has 2 heterocycles. The zero-order chi connectivity index (χ0) is 34.3. The summed E-state index contributed by atoms with van der Waals surface area (Å²) in [6.45, 7) is 18.1. The SMILES string of the molecule is C=CC(C)(C)[C@@]12C[C@@H](C(=O)NC(C(=O)OC)P(=O)(OC)OC)N(C(=O)OC(C)(C)C)[C@@H]1N(C(=O)OC(C)(C)C)c1ccccc12. The topological polar surface area (TPSA) is 150 Å². The first-order chi connectivity index (χ1) is 20.6. The van der Waals surface area contributed by atoms with Gasteiger partial charge < -0.3 is 28.6 Å². The van der Waals surface area contributed by atoms with Crippen LogP contribution in [0.2, 0.25) is 0 Å². The van der Waals surface area contributed by atoms with Gasteiger partial charge >= 0.3 is 25.8 Å². The fourth-order valence-electron chi connectivity index (χ4n) is 5.99. The maximum absolute atomic E-state index is 14.3. The van der Waals surface area contributed by atoms with Crippen LogP contribution in [0.5, 0.6) is 0 Å². The van der Waals surface area contributed by atoms with Gasteiger partial charge in [0.25, 0.3) is 0 Å². The second-order valence-corrected chi connectivity index (χ2v) is 15.9.